The van der Waals surface area contributed by atoms with Crippen molar-refractivity contribution in [2.75, 3.05) is 20.0 Å². The summed E-state index contributed by atoms with van der Waals surface area (Å²) in [6.07, 6.45) is 5.37. The summed E-state index contributed by atoms with van der Waals surface area (Å²) in [6.45, 7) is 0.172. The van der Waals surface area contributed by atoms with Gasteiger partial charge in [-0.25, -0.2) is 0 Å². The van der Waals surface area contributed by atoms with Crippen molar-refractivity contribution in [3.05, 3.63) is 35.9 Å². The highest BCUT2D eigenvalue weighted by Crippen LogP contribution is 2.12. The van der Waals surface area contributed by atoms with Crippen LogP contribution in [0.3, 0.4) is 0 Å². The lowest BCUT2D eigenvalue weighted by Crippen LogP contribution is -2.02. The summed E-state index contributed by atoms with van der Waals surface area (Å²) in [5.41, 5.74) is 1.03. The third-order valence-corrected chi connectivity index (χ3v) is 2.60. The molecule has 0 N–H and O–H groups in total. The van der Waals surface area contributed by atoms with Crippen LogP contribution in [0.15, 0.2) is 30.3 Å². The van der Waals surface area contributed by atoms with Crippen molar-refractivity contribution in [1.82, 2.24) is 0 Å². The average molecular weight is 256 g/mol. The van der Waals surface area contributed by atoms with Crippen molar-refractivity contribution in [3.63, 3.8) is 0 Å². The number of methoxy groups -OCH3 is 1. The molecule has 0 aliphatic carbocycles. The van der Waals surface area contributed by atoms with Crippen molar-refractivity contribution in [2.45, 2.75) is 6.42 Å². The molecule has 1 aromatic rings. The van der Waals surface area contributed by atoms with Gasteiger partial charge in [0.05, 0.1) is 20.0 Å². The van der Waals surface area contributed by atoms with Gasteiger partial charge in [-0.3, -0.25) is 4.18 Å². The minimum absolute atomic E-state index is 0.172. The molecule has 0 heterocycles. The van der Waals surface area contributed by atoms with E-state index in [1.165, 1.54) is 0 Å². The average Bonchev–Trinajstić information content (AvgIpc) is 2.28. The van der Waals surface area contributed by atoms with E-state index in [9.17, 15) is 8.42 Å². The van der Waals surface area contributed by atoms with Gasteiger partial charge < -0.3 is 4.74 Å². The summed E-state index contributed by atoms with van der Waals surface area (Å²) in [5.74, 6) is 0.808. The quantitative estimate of drug-likeness (QED) is 0.577. The van der Waals surface area contributed by atoms with Gasteiger partial charge in [0.25, 0.3) is 10.1 Å². The number of ether oxygens (including phenoxy) is 1. The monoisotopic (exact) mass is 256 g/mol. The van der Waals surface area contributed by atoms with Gasteiger partial charge in [-0.15, -0.1) is 0 Å². The molecule has 0 fully saturated rings. The highest BCUT2D eigenvalue weighted by molar-refractivity contribution is 7.85. The van der Waals surface area contributed by atoms with Crippen LogP contribution in [0.4, 0.5) is 0 Å². The van der Waals surface area contributed by atoms with E-state index in [1.54, 1.807) is 7.11 Å². The summed E-state index contributed by atoms with van der Waals surface area (Å²) in [5, 5.41) is 0. The Balaban J connectivity index is 2.38. The molecule has 0 bridgehead atoms. The molecule has 94 valence electrons. The normalized spacial score (nSPS) is 11.9. The third-order valence-electron chi connectivity index (χ3n) is 2.01. The Morgan fingerprint density at radius 1 is 1.24 bits per heavy atom. The second kappa shape index (κ2) is 6.42. The van der Waals surface area contributed by atoms with E-state index < -0.39 is 10.1 Å². The van der Waals surface area contributed by atoms with E-state index in [0.717, 1.165) is 17.6 Å². The van der Waals surface area contributed by atoms with E-state index in [2.05, 4.69) is 4.18 Å². The fraction of sp³-hybridized carbons (Fsp3) is 0.333. The molecule has 0 amide bonds. The van der Waals surface area contributed by atoms with Crippen LogP contribution >= 0.6 is 0 Å². The highest BCUT2D eigenvalue weighted by atomic mass is 32.2. The largest absolute Gasteiger partial charge is 0.497 e. The molecular weight excluding hydrogens is 240 g/mol. The first-order valence-electron chi connectivity index (χ1n) is 5.16. The molecule has 0 aliphatic rings. The summed E-state index contributed by atoms with van der Waals surface area (Å²) in [7, 11) is -1.71. The summed E-state index contributed by atoms with van der Waals surface area (Å²) in [4.78, 5) is 0. The zero-order valence-corrected chi connectivity index (χ0v) is 10.7. The van der Waals surface area contributed by atoms with E-state index in [4.69, 9.17) is 4.74 Å². The Bertz CT molecular complexity index is 460. The number of rotatable bonds is 6. The van der Waals surface area contributed by atoms with Crippen LogP contribution in [0, 0.1) is 0 Å². The molecule has 1 aromatic carbocycles. The van der Waals surface area contributed by atoms with Gasteiger partial charge in [0.2, 0.25) is 0 Å². The molecule has 0 spiro atoms. The van der Waals surface area contributed by atoms with Crippen LogP contribution in [-0.2, 0) is 14.3 Å². The zero-order chi connectivity index (χ0) is 12.7. The lowest BCUT2D eigenvalue weighted by molar-refractivity contribution is 0.329. The van der Waals surface area contributed by atoms with Gasteiger partial charge in [-0.1, -0.05) is 24.3 Å². The molecule has 0 radical (unpaired) electrons. The van der Waals surface area contributed by atoms with E-state index in [0.29, 0.717) is 6.42 Å². The smallest absolute Gasteiger partial charge is 0.264 e. The summed E-state index contributed by atoms with van der Waals surface area (Å²) >= 11 is 0. The molecule has 0 aromatic heterocycles. The maximum atomic E-state index is 10.7. The minimum atomic E-state index is -3.33. The lowest BCUT2D eigenvalue weighted by Gasteiger charge is -1.99. The van der Waals surface area contributed by atoms with Crippen molar-refractivity contribution in [3.8, 4) is 5.75 Å². The SMILES string of the molecule is COc1ccc(/C=C/CCOS(C)(=O)=O)cc1. The molecule has 0 saturated heterocycles. The van der Waals surface area contributed by atoms with Crippen molar-refractivity contribution >= 4 is 16.2 Å². The van der Waals surface area contributed by atoms with Crippen LogP contribution in [0.1, 0.15) is 12.0 Å². The lowest BCUT2D eigenvalue weighted by atomic mass is 10.2. The van der Waals surface area contributed by atoms with E-state index in [-0.39, 0.29) is 6.61 Å². The van der Waals surface area contributed by atoms with Crippen LogP contribution in [0.5, 0.6) is 5.75 Å². The van der Waals surface area contributed by atoms with Crippen molar-refractivity contribution < 1.29 is 17.3 Å². The maximum absolute atomic E-state index is 10.7. The van der Waals surface area contributed by atoms with Gasteiger partial charge in [0, 0.05) is 0 Å². The first kappa shape index (κ1) is 13.7. The van der Waals surface area contributed by atoms with Gasteiger partial charge in [0.1, 0.15) is 5.75 Å². The Morgan fingerprint density at radius 3 is 2.41 bits per heavy atom. The molecule has 17 heavy (non-hydrogen) atoms. The minimum Gasteiger partial charge on any atom is -0.497 e. The molecule has 0 saturated carbocycles. The number of benzene rings is 1. The van der Waals surface area contributed by atoms with E-state index >= 15 is 0 Å². The zero-order valence-electron chi connectivity index (χ0n) is 9.92. The number of hydrogen-bond donors (Lipinski definition) is 0. The molecule has 1 rings (SSSR count). The van der Waals surface area contributed by atoms with Gasteiger partial charge in [0.15, 0.2) is 0 Å². The Kier molecular flexibility index (Phi) is 5.18. The summed E-state index contributed by atoms with van der Waals surface area (Å²) in [6, 6.07) is 7.58. The fourth-order valence-corrected chi connectivity index (χ4v) is 1.60. The van der Waals surface area contributed by atoms with Gasteiger partial charge in [-0.05, 0) is 24.1 Å². The molecule has 0 atom stereocenters. The predicted molar refractivity (Wildman–Crippen MR) is 67.4 cm³/mol. The van der Waals surface area contributed by atoms with E-state index in [1.807, 2.05) is 36.4 Å². The Labute approximate surface area is 102 Å². The van der Waals surface area contributed by atoms with Crippen molar-refractivity contribution in [1.29, 1.82) is 0 Å². The second-order valence-electron chi connectivity index (χ2n) is 3.49. The predicted octanol–water partition coefficient (Wildman–Crippen LogP) is 2.07. The van der Waals surface area contributed by atoms with Crippen LogP contribution in [-0.4, -0.2) is 28.4 Å². The summed E-state index contributed by atoms with van der Waals surface area (Å²) < 4.78 is 31.0. The topological polar surface area (TPSA) is 52.6 Å². The second-order valence-corrected chi connectivity index (χ2v) is 5.13. The van der Waals surface area contributed by atoms with Crippen LogP contribution < -0.4 is 4.74 Å². The Morgan fingerprint density at radius 2 is 1.88 bits per heavy atom. The van der Waals surface area contributed by atoms with Crippen LogP contribution in [0.2, 0.25) is 0 Å². The first-order chi connectivity index (χ1) is 8.01. The molecule has 0 aliphatic heterocycles. The Hall–Kier alpha value is -1.33. The molecular formula is C12H16O4S. The standard InChI is InChI=1S/C12H16O4S/c1-15-12-8-6-11(7-9-12)5-3-4-10-16-17(2,13)14/h3,5-9H,4,10H2,1-2H3/b5-3+. The van der Waals surface area contributed by atoms with Crippen LogP contribution in [0.25, 0.3) is 6.08 Å². The molecule has 4 nitrogen and oxygen atoms in total. The molecule has 0 unspecified atom stereocenters. The molecule has 5 heteroatoms. The first-order valence-corrected chi connectivity index (χ1v) is 6.98. The van der Waals surface area contributed by atoms with Gasteiger partial charge in [-0.2, -0.15) is 8.42 Å². The number of hydrogen-bond acceptors (Lipinski definition) is 4. The fourth-order valence-electron chi connectivity index (χ4n) is 1.20. The van der Waals surface area contributed by atoms with Gasteiger partial charge >= 0.3 is 0 Å². The third kappa shape index (κ3) is 6.09. The maximum Gasteiger partial charge on any atom is 0.264 e. The highest BCUT2D eigenvalue weighted by Gasteiger charge is 1.98. The van der Waals surface area contributed by atoms with Crippen molar-refractivity contribution in [2.24, 2.45) is 0 Å².